The molecular formula is C26H22N2O4. The van der Waals surface area contributed by atoms with Gasteiger partial charge in [0.1, 0.15) is 5.70 Å². The number of amides is 2. The van der Waals surface area contributed by atoms with Crippen LogP contribution in [0.2, 0.25) is 0 Å². The molecule has 0 spiro atoms. The van der Waals surface area contributed by atoms with Crippen LogP contribution in [0.5, 0.6) is 11.5 Å². The molecule has 32 heavy (non-hydrogen) atoms. The normalized spacial score (nSPS) is 15.0. The summed E-state index contributed by atoms with van der Waals surface area (Å²) in [4.78, 5) is 28.5. The van der Waals surface area contributed by atoms with Crippen molar-refractivity contribution >= 4 is 28.8 Å². The Morgan fingerprint density at radius 2 is 1.59 bits per heavy atom. The first kappa shape index (κ1) is 19.9. The van der Waals surface area contributed by atoms with Crippen LogP contribution in [0.4, 0.5) is 11.4 Å². The maximum absolute atomic E-state index is 13.7. The summed E-state index contributed by atoms with van der Waals surface area (Å²) in [5.74, 6) is 0.314. The van der Waals surface area contributed by atoms with Gasteiger partial charge in [0.25, 0.3) is 11.8 Å². The largest absolute Gasteiger partial charge is 0.454 e. The molecule has 0 unspecified atom stereocenters. The highest BCUT2D eigenvalue weighted by Gasteiger charge is 2.41. The van der Waals surface area contributed by atoms with Crippen LogP contribution in [0.1, 0.15) is 22.3 Å². The number of aryl methyl sites for hydroxylation is 3. The van der Waals surface area contributed by atoms with Gasteiger partial charge in [-0.15, -0.1) is 0 Å². The maximum Gasteiger partial charge on any atom is 0.282 e. The number of hydrogen-bond acceptors (Lipinski definition) is 5. The lowest BCUT2D eigenvalue weighted by atomic mass is 9.97. The fourth-order valence-corrected chi connectivity index (χ4v) is 4.10. The lowest BCUT2D eigenvalue weighted by molar-refractivity contribution is -0.120. The molecule has 3 aromatic rings. The number of para-hydroxylation sites is 1. The summed E-state index contributed by atoms with van der Waals surface area (Å²) in [6.07, 6.45) is 0. The van der Waals surface area contributed by atoms with Crippen LogP contribution in [0.25, 0.3) is 5.57 Å². The highest BCUT2D eigenvalue weighted by atomic mass is 16.7. The Morgan fingerprint density at radius 3 is 2.38 bits per heavy atom. The van der Waals surface area contributed by atoms with E-state index in [1.807, 2.05) is 63.2 Å². The van der Waals surface area contributed by atoms with Crippen molar-refractivity contribution in [2.24, 2.45) is 0 Å². The number of fused-ring (bicyclic) bond motifs is 1. The molecule has 0 aliphatic carbocycles. The van der Waals surface area contributed by atoms with Gasteiger partial charge in [0.05, 0.1) is 11.3 Å². The maximum atomic E-state index is 13.7. The number of carbonyl (C=O) groups excluding carboxylic acids is 2. The van der Waals surface area contributed by atoms with E-state index < -0.39 is 5.91 Å². The molecule has 6 heteroatoms. The first-order valence-electron chi connectivity index (χ1n) is 10.4. The molecule has 2 aliphatic heterocycles. The van der Waals surface area contributed by atoms with Gasteiger partial charge in [0.2, 0.25) is 6.79 Å². The molecule has 5 rings (SSSR count). The molecule has 2 amide bonds. The van der Waals surface area contributed by atoms with Crippen molar-refractivity contribution in [2.45, 2.75) is 20.8 Å². The Bertz CT molecular complexity index is 1310. The zero-order valence-electron chi connectivity index (χ0n) is 18.1. The number of imide groups is 1. The molecule has 160 valence electrons. The van der Waals surface area contributed by atoms with Crippen molar-refractivity contribution in [3.63, 3.8) is 0 Å². The van der Waals surface area contributed by atoms with E-state index in [0.29, 0.717) is 22.8 Å². The number of anilines is 2. The molecule has 0 atom stereocenters. The van der Waals surface area contributed by atoms with Gasteiger partial charge < -0.3 is 14.8 Å². The first-order valence-corrected chi connectivity index (χ1v) is 10.4. The minimum Gasteiger partial charge on any atom is -0.454 e. The molecule has 0 saturated heterocycles. The predicted molar refractivity (Wildman–Crippen MR) is 123 cm³/mol. The van der Waals surface area contributed by atoms with Gasteiger partial charge in [-0.3, -0.25) is 9.59 Å². The van der Waals surface area contributed by atoms with E-state index in [9.17, 15) is 9.59 Å². The van der Waals surface area contributed by atoms with Crippen LogP contribution in [0.15, 0.2) is 66.4 Å². The van der Waals surface area contributed by atoms with E-state index in [4.69, 9.17) is 9.47 Å². The zero-order valence-corrected chi connectivity index (χ0v) is 18.1. The van der Waals surface area contributed by atoms with Crippen LogP contribution in [-0.2, 0) is 9.59 Å². The molecule has 6 nitrogen and oxygen atoms in total. The molecule has 0 aromatic heterocycles. The highest BCUT2D eigenvalue weighted by Crippen LogP contribution is 2.40. The average Bonchev–Trinajstić information content (AvgIpc) is 3.32. The van der Waals surface area contributed by atoms with Crippen LogP contribution < -0.4 is 19.7 Å². The highest BCUT2D eigenvalue weighted by molar-refractivity contribution is 6.46. The summed E-state index contributed by atoms with van der Waals surface area (Å²) in [6, 6.07) is 18.6. The quantitative estimate of drug-likeness (QED) is 0.611. The second kappa shape index (κ2) is 7.57. The number of hydrogen-bond donors (Lipinski definition) is 1. The predicted octanol–water partition coefficient (Wildman–Crippen LogP) is 4.74. The lowest BCUT2D eigenvalue weighted by Crippen LogP contribution is -2.32. The SMILES string of the molecule is Cc1ccc(C2=C(Nc3ccccc3C)C(=O)N(c3ccc4c(c3)OCO4)C2=O)c(C)c1. The van der Waals surface area contributed by atoms with E-state index in [2.05, 4.69) is 5.32 Å². The molecule has 1 N–H and O–H groups in total. The number of nitrogens with one attached hydrogen (secondary N) is 1. The fraction of sp³-hybridized carbons (Fsp3) is 0.154. The summed E-state index contributed by atoms with van der Waals surface area (Å²) >= 11 is 0. The second-order valence-electron chi connectivity index (χ2n) is 7.99. The van der Waals surface area contributed by atoms with Crippen LogP contribution in [0.3, 0.4) is 0 Å². The Labute approximate surface area is 186 Å². The van der Waals surface area contributed by atoms with E-state index in [1.54, 1.807) is 18.2 Å². The summed E-state index contributed by atoms with van der Waals surface area (Å²) in [5, 5.41) is 3.24. The van der Waals surface area contributed by atoms with Gasteiger partial charge in [0, 0.05) is 11.8 Å². The smallest absolute Gasteiger partial charge is 0.282 e. The number of rotatable bonds is 4. The third kappa shape index (κ3) is 3.21. The van der Waals surface area contributed by atoms with Crippen LogP contribution >= 0.6 is 0 Å². The monoisotopic (exact) mass is 426 g/mol. The Morgan fingerprint density at radius 1 is 0.812 bits per heavy atom. The topological polar surface area (TPSA) is 67.9 Å². The van der Waals surface area contributed by atoms with Crippen molar-refractivity contribution in [3.05, 3.63) is 88.6 Å². The second-order valence-corrected chi connectivity index (χ2v) is 7.99. The van der Waals surface area contributed by atoms with Crippen molar-refractivity contribution in [3.8, 4) is 11.5 Å². The number of benzene rings is 3. The Hall–Kier alpha value is -4.06. The minimum atomic E-state index is -0.410. The molecule has 2 aliphatic rings. The van der Waals surface area contributed by atoms with E-state index >= 15 is 0 Å². The molecule has 0 fully saturated rings. The summed E-state index contributed by atoms with van der Waals surface area (Å²) in [5.41, 5.74) is 5.55. The number of ether oxygens (including phenoxy) is 2. The fourth-order valence-electron chi connectivity index (χ4n) is 4.10. The first-order chi connectivity index (χ1) is 15.4. The van der Waals surface area contributed by atoms with E-state index in [-0.39, 0.29) is 18.4 Å². The molecule has 2 heterocycles. The zero-order chi connectivity index (χ0) is 22.4. The van der Waals surface area contributed by atoms with Gasteiger partial charge in [-0.05, 0) is 55.7 Å². The van der Waals surface area contributed by atoms with Gasteiger partial charge in [0.15, 0.2) is 11.5 Å². The summed E-state index contributed by atoms with van der Waals surface area (Å²) in [7, 11) is 0. The van der Waals surface area contributed by atoms with Crippen molar-refractivity contribution in [1.29, 1.82) is 0 Å². The third-order valence-corrected chi connectivity index (χ3v) is 5.75. The Kier molecular flexibility index (Phi) is 4.70. The summed E-state index contributed by atoms with van der Waals surface area (Å²) < 4.78 is 10.8. The standard InChI is InChI=1S/C26H22N2O4/c1-15-8-10-19(17(3)12-15)23-24(27-20-7-5-4-6-16(20)2)26(30)28(25(23)29)18-9-11-21-22(13-18)32-14-31-21/h4-13,27H,14H2,1-3H3. The summed E-state index contributed by atoms with van der Waals surface area (Å²) in [6.45, 7) is 6.02. The average molecular weight is 426 g/mol. The van der Waals surface area contributed by atoms with Crippen LogP contribution in [0, 0.1) is 20.8 Å². The minimum absolute atomic E-state index is 0.118. The molecular weight excluding hydrogens is 404 g/mol. The van der Waals surface area contributed by atoms with E-state index in [1.165, 1.54) is 4.90 Å². The molecule has 0 bridgehead atoms. The van der Waals surface area contributed by atoms with Crippen molar-refractivity contribution < 1.29 is 19.1 Å². The van der Waals surface area contributed by atoms with E-state index in [0.717, 1.165) is 27.9 Å². The lowest BCUT2D eigenvalue weighted by Gasteiger charge is -2.16. The number of nitrogens with zero attached hydrogens (tertiary/aromatic N) is 1. The van der Waals surface area contributed by atoms with Crippen molar-refractivity contribution in [2.75, 3.05) is 17.0 Å². The molecule has 3 aromatic carbocycles. The van der Waals surface area contributed by atoms with Gasteiger partial charge in [-0.25, -0.2) is 4.90 Å². The number of carbonyl (C=O) groups is 2. The molecule has 0 radical (unpaired) electrons. The van der Waals surface area contributed by atoms with Gasteiger partial charge in [-0.1, -0.05) is 42.0 Å². The van der Waals surface area contributed by atoms with Crippen LogP contribution in [-0.4, -0.2) is 18.6 Å². The van der Waals surface area contributed by atoms with Crippen molar-refractivity contribution in [1.82, 2.24) is 0 Å². The Balaban J connectivity index is 1.64. The third-order valence-electron chi connectivity index (χ3n) is 5.75. The van der Waals surface area contributed by atoms with Gasteiger partial charge >= 0.3 is 0 Å². The molecule has 0 saturated carbocycles. The van der Waals surface area contributed by atoms with Gasteiger partial charge in [-0.2, -0.15) is 0 Å².